The molecule has 2 N–H and O–H groups in total. The number of nitrogens with zero attached hydrogens (tertiary/aromatic N) is 2. The maximum atomic E-state index is 12.3. The van der Waals surface area contributed by atoms with Crippen molar-refractivity contribution in [3.8, 4) is 0 Å². The maximum Gasteiger partial charge on any atom is 0.271 e. The molecule has 1 aromatic heterocycles. The topological polar surface area (TPSA) is 66.9 Å². The number of aromatic nitrogens is 2. The number of carbonyl (C=O) groups excluding carboxylic acids is 1. The molecule has 0 bridgehead atoms. The number of nitrogens with one attached hydrogen (secondary N) is 2. The molecular formula is C15H24N4OS. The van der Waals surface area contributed by atoms with Crippen LogP contribution < -0.4 is 10.6 Å². The predicted molar refractivity (Wildman–Crippen MR) is 87.8 cm³/mol. The molecule has 0 radical (unpaired) electrons. The lowest BCUT2D eigenvalue weighted by Crippen LogP contribution is -2.39. The summed E-state index contributed by atoms with van der Waals surface area (Å²) >= 11 is 1.94. The molecule has 1 aliphatic rings. The number of anilines is 1. The minimum Gasteiger partial charge on any atom is -0.369 e. The molecule has 1 heterocycles. The van der Waals surface area contributed by atoms with Crippen molar-refractivity contribution in [3.05, 3.63) is 18.1 Å². The van der Waals surface area contributed by atoms with E-state index in [0.29, 0.717) is 16.8 Å². The van der Waals surface area contributed by atoms with Crippen LogP contribution in [-0.2, 0) is 0 Å². The average molecular weight is 308 g/mol. The summed E-state index contributed by atoms with van der Waals surface area (Å²) in [6.45, 7) is 5.08. The van der Waals surface area contributed by atoms with Crippen molar-refractivity contribution in [1.82, 2.24) is 15.3 Å². The van der Waals surface area contributed by atoms with Gasteiger partial charge in [-0.25, -0.2) is 4.98 Å². The van der Waals surface area contributed by atoms with Gasteiger partial charge >= 0.3 is 0 Å². The van der Waals surface area contributed by atoms with Gasteiger partial charge in [0.25, 0.3) is 5.91 Å². The monoisotopic (exact) mass is 308 g/mol. The molecule has 0 aliphatic heterocycles. The summed E-state index contributed by atoms with van der Waals surface area (Å²) in [6, 6.07) is 0.261. The first-order chi connectivity index (χ1) is 10.2. The minimum atomic E-state index is -0.115. The Morgan fingerprint density at radius 3 is 3.00 bits per heavy atom. The van der Waals surface area contributed by atoms with Crippen LogP contribution >= 0.6 is 11.8 Å². The van der Waals surface area contributed by atoms with Gasteiger partial charge in [0.2, 0.25) is 0 Å². The van der Waals surface area contributed by atoms with Crippen LogP contribution in [0.5, 0.6) is 0 Å². The molecule has 1 amide bonds. The number of carbonyl (C=O) groups is 1. The zero-order chi connectivity index (χ0) is 15.1. The van der Waals surface area contributed by atoms with E-state index in [0.717, 1.165) is 25.1 Å². The lowest BCUT2D eigenvalue weighted by atomic mass is 10.2. The Kier molecular flexibility index (Phi) is 6.29. The molecular weight excluding hydrogens is 284 g/mol. The van der Waals surface area contributed by atoms with Gasteiger partial charge in [-0.3, -0.25) is 9.78 Å². The Hall–Kier alpha value is -1.30. The fourth-order valence-electron chi connectivity index (χ4n) is 2.56. The van der Waals surface area contributed by atoms with E-state index in [1.54, 1.807) is 6.20 Å². The lowest BCUT2D eigenvalue weighted by molar-refractivity contribution is 0.0933. The van der Waals surface area contributed by atoms with Gasteiger partial charge in [0.15, 0.2) is 0 Å². The van der Waals surface area contributed by atoms with Crippen molar-refractivity contribution in [2.75, 3.05) is 17.6 Å². The van der Waals surface area contributed by atoms with Crippen LogP contribution in [0.4, 0.5) is 5.82 Å². The third kappa shape index (κ3) is 4.59. The van der Waals surface area contributed by atoms with Crippen molar-refractivity contribution in [2.24, 2.45) is 0 Å². The van der Waals surface area contributed by atoms with Gasteiger partial charge in [0.05, 0.1) is 12.4 Å². The number of hydrogen-bond acceptors (Lipinski definition) is 5. The number of rotatable bonds is 7. The second-order valence-corrected chi connectivity index (χ2v) is 6.74. The largest absolute Gasteiger partial charge is 0.369 e. The summed E-state index contributed by atoms with van der Waals surface area (Å²) in [5.41, 5.74) is 0.392. The van der Waals surface area contributed by atoms with E-state index < -0.39 is 0 Å². The number of amides is 1. The minimum absolute atomic E-state index is 0.115. The van der Waals surface area contributed by atoms with Crippen LogP contribution in [0, 0.1) is 0 Å². The van der Waals surface area contributed by atoms with Crippen LogP contribution in [0.1, 0.15) is 50.0 Å². The van der Waals surface area contributed by atoms with Gasteiger partial charge in [0, 0.05) is 17.8 Å². The van der Waals surface area contributed by atoms with Crippen molar-refractivity contribution < 1.29 is 4.79 Å². The van der Waals surface area contributed by atoms with Gasteiger partial charge < -0.3 is 10.6 Å². The highest BCUT2D eigenvalue weighted by Gasteiger charge is 2.29. The molecule has 0 spiro atoms. The summed E-state index contributed by atoms with van der Waals surface area (Å²) in [5.74, 6) is 1.64. The van der Waals surface area contributed by atoms with Crippen molar-refractivity contribution in [2.45, 2.75) is 50.8 Å². The Bertz CT molecular complexity index is 469. The number of thioether (sulfide) groups is 1. The normalized spacial score (nSPS) is 21.2. The Balaban J connectivity index is 1.96. The summed E-state index contributed by atoms with van der Waals surface area (Å²) in [6.07, 6.45) is 7.63. The summed E-state index contributed by atoms with van der Waals surface area (Å²) in [7, 11) is 0. The van der Waals surface area contributed by atoms with E-state index in [4.69, 9.17) is 0 Å². The third-order valence-corrected chi connectivity index (χ3v) is 4.90. The molecule has 1 saturated carbocycles. The fourth-order valence-corrected chi connectivity index (χ4v) is 3.76. The highest BCUT2D eigenvalue weighted by molar-refractivity contribution is 7.99. The second-order valence-electron chi connectivity index (χ2n) is 5.22. The molecule has 1 fully saturated rings. The highest BCUT2D eigenvalue weighted by atomic mass is 32.2. The van der Waals surface area contributed by atoms with Crippen molar-refractivity contribution in [1.29, 1.82) is 0 Å². The van der Waals surface area contributed by atoms with E-state index in [1.807, 2.05) is 11.8 Å². The van der Waals surface area contributed by atoms with Gasteiger partial charge in [-0.15, -0.1) is 0 Å². The molecule has 1 aliphatic carbocycles. The van der Waals surface area contributed by atoms with Crippen LogP contribution in [0.25, 0.3) is 0 Å². The molecule has 2 atom stereocenters. The molecule has 0 aromatic carbocycles. The summed E-state index contributed by atoms with van der Waals surface area (Å²) in [5, 5.41) is 6.81. The van der Waals surface area contributed by atoms with Gasteiger partial charge in [-0.2, -0.15) is 11.8 Å². The predicted octanol–water partition coefficient (Wildman–Crippen LogP) is 2.70. The molecule has 0 saturated heterocycles. The van der Waals surface area contributed by atoms with E-state index >= 15 is 0 Å². The maximum absolute atomic E-state index is 12.3. The van der Waals surface area contributed by atoms with Crippen LogP contribution in [0.3, 0.4) is 0 Å². The first kappa shape index (κ1) is 16.1. The zero-order valence-electron chi connectivity index (χ0n) is 12.8. The first-order valence-electron chi connectivity index (χ1n) is 7.73. The Labute approximate surface area is 130 Å². The first-order valence-corrected chi connectivity index (χ1v) is 8.77. The Morgan fingerprint density at radius 1 is 1.38 bits per heavy atom. The van der Waals surface area contributed by atoms with Crippen LogP contribution in [0.2, 0.25) is 0 Å². The SMILES string of the molecule is CCCNc1cncc(C(=O)NC2CCCC2SCC)n1. The van der Waals surface area contributed by atoms with Gasteiger partial charge in [0.1, 0.15) is 11.5 Å². The lowest BCUT2D eigenvalue weighted by Gasteiger charge is -2.19. The smallest absolute Gasteiger partial charge is 0.271 e. The van der Waals surface area contributed by atoms with Crippen molar-refractivity contribution >= 4 is 23.5 Å². The van der Waals surface area contributed by atoms with E-state index in [1.165, 1.54) is 19.0 Å². The second kappa shape index (κ2) is 8.22. The third-order valence-electron chi connectivity index (χ3n) is 3.57. The Morgan fingerprint density at radius 2 is 2.24 bits per heavy atom. The van der Waals surface area contributed by atoms with E-state index in [-0.39, 0.29) is 11.9 Å². The standard InChI is InChI=1S/C15H24N4OS/c1-3-8-17-14-10-16-9-12(18-14)15(20)19-11-6-5-7-13(11)21-4-2/h9-11,13H,3-8H2,1-2H3,(H,17,18)(H,19,20). The van der Waals surface area contributed by atoms with Crippen LogP contribution in [-0.4, -0.2) is 39.5 Å². The molecule has 6 heteroatoms. The quantitative estimate of drug-likeness (QED) is 0.810. The van der Waals surface area contributed by atoms with E-state index in [9.17, 15) is 4.79 Å². The van der Waals surface area contributed by atoms with Crippen LogP contribution in [0.15, 0.2) is 12.4 Å². The molecule has 5 nitrogen and oxygen atoms in total. The molecule has 116 valence electrons. The fraction of sp³-hybridized carbons (Fsp3) is 0.667. The van der Waals surface area contributed by atoms with Gasteiger partial charge in [-0.1, -0.05) is 20.3 Å². The molecule has 1 aromatic rings. The van der Waals surface area contributed by atoms with Crippen molar-refractivity contribution in [3.63, 3.8) is 0 Å². The summed E-state index contributed by atoms with van der Waals surface area (Å²) in [4.78, 5) is 20.8. The average Bonchev–Trinajstić information content (AvgIpc) is 2.93. The van der Waals surface area contributed by atoms with Gasteiger partial charge in [-0.05, 0) is 25.0 Å². The number of hydrogen-bond donors (Lipinski definition) is 2. The zero-order valence-corrected chi connectivity index (χ0v) is 13.6. The molecule has 2 unspecified atom stereocenters. The molecule has 21 heavy (non-hydrogen) atoms. The summed E-state index contributed by atoms with van der Waals surface area (Å²) < 4.78 is 0. The highest BCUT2D eigenvalue weighted by Crippen LogP contribution is 2.29. The molecule has 2 rings (SSSR count). The van der Waals surface area contributed by atoms with E-state index in [2.05, 4.69) is 34.4 Å².